The van der Waals surface area contributed by atoms with Gasteiger partial charge in [0.15, 0.2) is 0 Å². The Morgan fingerprint density at radius 3 is 2.11 bits per heavy atom. The summed E-state index contributed by atoms with van der Waals surface area (Å²) in [5, 5.41) is 0.247. The van der Waals surface area contributed by atoms with Crippen LogP contribution in [0.4, 0.5) is 0 Å². The number of benzene rings is 2. The molecule has 0 saturated heterocycles. The van der Waals surface area contributed by atoms with Crippen LogP contribution < -0.4 is 9.47 Å². The van der Waals surface area contributed by atoms with E-state index in [9.17, 15) is 8.42 Å². The number of sulfone groups is 1. The van der Waals surface area contributed by atoms with Gasteiger partial charge in [-0.3, -0.25) is 0 Å². The van der Waals surface area contributed by atoms with E-state index in [1.165, 1.54) is 12.1 Å². The molecule has 28 heavy (non-hydrogen) atoms. The smallest absolute Gasteiger partial charge is 0.206 e. The Balaban J connectivity index is 2.14. The van der Waals surface area contributed by atoms with E-state index in [-0.39, 0.29) is 20.7 Å². The summed E-state index contributed by atoms with van der Waals surface area (Å²) in [7, 11) is -3.68. The molecule has 0 amide bonds. The van der Waals surface area contributed by atoms with Gasteiger partial charge in [-0.05, 0) is 48.4 Å². The first kappa shape index (κ1) is 22.9. The Morgan fingerprint density at radius 2 is 1.54 bits per heavy atom. The molecular formula is C21H26Cl2O4S. The monoisotopic (exact) mass is 444 g/mol. The van der Waals surface area contributed by atoms with Crippen molar-refractivity contribution in [2.75, 3.05) is 19.1 Å². The minimum atomic E-state index is -3.68. The number of halogens is 2. The van der Waals surface area contributed by atoms with E-state index < -0.39 is 9.84 Å². The standard InChI is InChI=1S/C21H26Cl2O4S/c1-4-15(2)13-26-17-5-7-18(8-6-17)28(24,25)19-9-10-21(20(23)11-19)27-14-16(3)12-22/h5-11,15-16H,4,12-14H2,1-3H3/t15-,16-/m0/s1. The molecule has 0 unspecified atom stereocenters. The maximum atomic E-state index is 12.9. The molecule has 2 atom stereocenters. The normalized spacial score (nSPS) is 13.8. The Hall–Kier alpha value is -1.43. The second-order valence-electron chi connectivity index (χ2n) is 6.96. The Labute approximate surface area is 177 Å². The fourth-order valence-electron chi connectivity index (χ4n) is 2.25. The predicted molar refractivity (Wildman–Crippen MR) is 114 cm³/mol. The molecule has 0 bridgehead atoms. The van der Waals surface area contributed by atoms with Gasteiger partial charge in [0.2, 0.25) is 9.84 Å². The molecule has 0 spiro atoms. The van der Waals surface area contributed by atoms with Crippen molar-refractivity contribution >= 4 is 33.0 Å². The maximum absolute atomic E-state index is 12.9. The van der Waals surface area contributed by atoms with Crippen LogP contribution in [-0.4, -0.2) is 27.5 Å². The summed E-state index contributed by atoms with van der Waals surface area (Å²) in [6, 6.07) is 10.9. The van der Waals surface area contributed by atoms with E-state index in [1.54, 1.807) is 30.3 Å². The zero-order valence-corrected chi connectivity index (χ0v) is 18.7. The zero-order valence-electron chi connectivity index (χ0n) is 16.3. The van der Waals surface area contributed by atoms with Crippen LogP contribution in [-0.2, 0) is 9.84 Å². The van der Waals surface area contributed by atoms with Crippen LogP contribution in [0, 0.1) is 11.8 Å². The van der Waals surface area contributed by atoms with Crippen LogP contribution >= 0.6 is 23.2 Å². The SMILES string of the molecule is CC[C@H](C)COc1ccc(S(=O)(=O)c2ccc(OC[C@@H](C)CCl)c(Cl)c2)cc1. The van der Waals surface area contributed by atoms with E-state index >= 15 is 0 Å². The highest BCUT2D eigenvalue weighted by Gasteiger charge is 2.19. The van der Waals surface area contributed by atoms with E-state index in [2.05, 4.69) is 13.8 Å². The van der Waals surface area contributed by atoms with Crippen LogP contribution in [0.5, 0.6) is 11.5 Å². The van der Waals surface area contributed by atoms with Gasteiger partial charge in [-0.25, -0.2) is 8.42 Å². The lowest BCUT2D eigenvalue weighted by atomic mass is 10.1. The third-order valence-corrected chi connectivity index (χ3v) is 6.96. The summed E-state index contributed by atoms with van der Waals surface area (Å²) in [6.45, 7) is 7.17. The van der Waals surface area contributed by atoms with Crippen LogP contribution in [0.25, 0.3) is 0 Å². The lowest BCUT2D eigenvalue weighted by molar-refractivity contribution is 0.256. The summed E-state index contributed by atoms with van der Waals surface area (Å²) >= 11 is 12.0. The molecule has 0 fully saturated rings. The molecular weight excluding hydrogens is 419 g/mol. The predicted octanol–water partition coefficient (Wildman–Crippen LogP) is 5.85. The molecule has 0 aliphatic heterocycles. The first-order valence-corrected chi connectivity index (χ1v) is 11.6. The van der Waals surface area contributed by atoms with Crippen molar-refractivity contribution < 1.29 is 17.9 Å². The van der Waals surface area contributed by atoms with Crippen LogP contribution in [0.1, 0.15) is 27.2 Å². The lowest BCUT2D eigenvalue weighted by Gasteiger charge is -2.13. The van der Waals surface area contributed by atoms with Crippen LogP contribution in [0.15, 0.2) is 52.3 Å². The van der Waals surface area contributed by atoms with Gasteiger partial charge >= 0.3 is 0 Å². The Bertz CT molecular complexity index is 866. The van der Waals surface area contributed by atoms with Gasteiger partial charge in [-0.15, -0.1) is 11.6 Å². The van der Waals surface area contributed by atoms with Gasteiger partial charge in [-0.1, -0.05) is 38.8 Å². The van der Waals surface area contributed by atoms with Gasteiger partial charge in [0.1, 0.15) is 11.5 Å². The van der Waals surface area contributed by atoms with E-state index in [0.717, 1.165) is 6.42 Å². The van der Waals surface area contributed by atoms with E-state index in [0.29, 0.717) is 36.5 Å². The summed E-state index contributed by atoms with van der Waals surface area (Å²) < 4.78 is 37.0. The summed E-state index contributed by atoms with van der Waals surface area (Å²) in [5.74, 6) is 2.17. The molecule has 0 radical (unpaired) electrons. The quantitative estimate of drug-likeness (QED) is 0.431. The zero-order chi connectivity index (χ0) is 20.7. The summed E-state index contributed by atoms with van der Waals surface area (Å²) in [4.78, 5) is 0.299. The van der Waals surface area contributed by atoms with Crippen molar-refractivity contribution in [1.29, 1.82) is 0 Å². The molecule has 0 heterocycles. The van der Waals surface area contributed by atoms with Crippen molar-refractivity contribution in [2.24, 2.45) is 11.8 Å². The van der Waals surface area contributed by atoms with Gasteiger partial charge < -0.3 is 9.47 Å². The van der Waals surface area contributed by atoms with Crippen molar-refractivity contribution in [3.63, 3.8) is 0 Å². The third-order valence-electron chi connectivity index (χ3n) is 4.37. The number of hydrogen-bond acceptors (Lipinski definition) is 4. The Morgan fingerprint density at radius 1 is 0.929 bits per heavy atom. The first-order chi connectivity index (χ1) is 13.3. The van der Waals surface area contributed by atoms with Gasteiger partial charge in [-0.2, -0.15) is 0 Å². The van der Waals surface area contributed by atoms with Crippen molar-refractivity contribution in [2.45, 2.75) is 37.0 Å². The molecule has 0 aliphatic carbocycles. The highest BCUT2D eigenvalue weighted by Crippen LogP contribution is 2.31. The molecule has 4 nitrogen and oxygen atoms in total. The summed E-state index contributed by atoms with van der Waals surface area (Å²) in [5.41, 5.74) is 0. The molecule has 0 N–H and O–H groups in total. The Kier molecular flexibility index (Phi) is 8.47. The van der Waals surface area contributed by atoms with Gasteiger partial charge in [0, 0.05) is 11.8 Å². The fraction of sp³-hybridized carbons (Fsp3) is 0.429. The lowest BCUT2D eigenvalue weighted by Crippen LogP contribution is -2.10. The second-order valence-corrected chi connectivity index (χ2v) is 9.63. The molecule has 2 aromatic carbocycles. The van der Waals surface area contributed by atoms with E-state index in [4.69, 9.17) is 32.7 Å². The minimum Gasteiger partial charge on any atom is -0.493 e. The van der Waals surface area contributed by atoms with E-state index in [1.807, 2.05) is 6.92 Å². The molecule has 0 aliphatic rings. The van der Waals surface area contributed by atoms with Crippen LogP contribution in [0.2, 0.25) is 5.02 Å². The average Bonchev–Trinajstić information content (AvgIpc) is 2.70. The third kappa shape index (κ3) is 6.03. The highest BCUT2D eigenvalue weighted by molar-refractivity contribution is 7.91. The largest absolute Gasteiger partial charge is 0.493 e. The molecule has 0 saturated carbocycles. The second kappa shape index (κ2) is 10.4. The average molecular weight is 445 g/mol. The molecule has 0 aromatic heterocycles. The molecule has 2 rings (SSSR count). The molecule has 2 aromatic rings. The van der Waals surface area contributed by atoms with Crippen molar-refractivity contribution in [1.82, 2.24) is 0 Å². The number of ether oxygens (including phenoxy) is 2. The number of alkyl halides is 1. The summed E-state index contributed by atoms with van der Waals surface area (Å²) in [6.07, 6.45) is 1.03. The fourth-order valence-corrected chi connectivity index (χ4v) is 3.93. The maximum Gasteiger partial charge on any atom is 0.206 e. The molecule has 7 heteroatoms. The first-order valence-electron chi connectivity index (χ1n) is 9.24. The highest BCUT2D eigenvalue weighted by atomic mass is 35.5. The minimum absolute atomic E-state index is 0.114. The number of rotatable bonds is 10. The van der Waals surface area contributed by atoms with Gasteiger partial charge in [0.05, 0.1) is 28.0 Å². The van der Waals surface area contributed by atoms with Gasteiger partial charge in [0.25, 0.3) is 0 Å². The van der Waals surface area contributed by atoms with Crippen molar-refractivity contribution in [3.05, 3.63) is 47.5 Å². The van der Waals surface area contributed by atoms with Crippen molar-refractivity contribution in [3.8, 4) is 11.5 Å². The number of hydrogen-bond donors (Lipinski definition) is 0. The van der Waals surface area contributed by atoms with Crippen LogP contribution in [0.3, 0.4) is 0 Å². The topological polar surface area (TPSA) is 52.6 Å². The molecule has 154 valence electrons.